The molecule has 15 atom stereocenters. The third-order valence-corrected chi connectivity index (χ3v) is 25.7. The molecule has 10 heterocycles. The Bertz CT molecular complexity index is 5270. The Hall–Kier alpha value is -10.8. The number of anilines is 3. The minimum Gasteiger partial charge on any atom is -0.459 e. The topological polar surface area (TPSA) is 484 Å². The van der Waals surface area contributed by atoms with Crippen LogP contribution in [-0.4, -0.2) is 273 Å². The normalized spacial score (nSPS) is 26.4. The summed E-state index contributed by atoms with van der Waals surface area (Å²) in [5, 5.41) is 61.2. The van der Waals surface area contributed by atoms with Crippen molar-refractivity contribution in [1.29, 1.82) is 0 Å². The highest BCUT2D eigenvalue weighted by molar-refractivity contribution is 6.39. The van der Waals surface area contributed by atoms with E-state index < -0.39 is 95.4 Å². The minimum atomic E-state index is -2.51. The van der Waals surface area contributed by atoms with Gasteiger partial charge in [-0.25, -0.2) is 38.8 Å². The predicted octanol–water partition coefficient (Wildman–Crippen LogP) is 7.88. The van der Waals surface area contributed by atoms with Crippen LogP contribution in [0, 0.1) is 29.6 Å². The van der Waals surface area contributed by atoms with Crippen LogP contribution in [0.25, 0.3) is 55.8 Å². The maximum absolute atomic E-state index is 14.9. The Morgan fingerprint density at radius 1 is 0.754 bits per heavy atom. The van der Waals surface area contributed by atoms with Crippen molar-refractivity contribution in [2.75, 3.05) is 109 Å². The maximum atomic E-state index is 14.9. The van der Waals surface area contributed by atoms with Crippen LogP contribution in [-0.2, 0) is 81.6 Å². The molecule has 4 aliphatic heterocycles. The van der Waals surface area contributed by atoms with E-state index >= 15 is 0 Å². The summed E-state index contributed by atoms with van der Waals surface area (Å²) >= 11 is 0. The average molecular weight is 1800 g/mol. The number of piperazine rings is 1. The zero-order valence-corrected chi connectivity index (χ0v) is 75.6. The number of ketones is 3. The van der Waals surface area contributed by atoms with Gasteiger partial charge in [0.25, 0.3) is 17.7 Å². The molecule has 0 radical (unpaired) electrons. The second-order valence-corrected chi connectivity index (χ2v) is 35.1. The number of fused-ring (bicyclic) bond motifs is 5. The van der Waals surface area contributed by atoms with E-state index in [1.54, 1.807) is 56.6 Å². The number of oxazole rings is 1. The third-order valence-electron chi connectivity index (χ3n) is 25.7. The summed E-state index contributed by atoms with van der Waals surface area (Å²) < 4.78 is 52.8. The van der Waals surface area contributed by atoms with Gasteiger partial charge >= 0.3 is 5.97 Å². The lowest BCUT2D eigenvalue weighted by molar-refractivity contribution is -0.265. The van der Waals surface area contributed by atoms with Crippen LogP contribution >= 0.6 is 0 Å². The molecule has 5 aliphatic rings. The number of carbonyl (C=O) groups excluding carboxylic acids is 6. The molecule has 13 rings (SSSR count). The fourth-order valence-corrected chi connectivity index (χ4v) is 18.0. The molecule has 700 valence electrons. The van der Waals surface area contributed by atoms with E-state index in [2.05, 4.69) is 56.8 Å². The number of hydrogen-bond acceptors (Lipinski definition) is 32. The number of rotatable bonds is 29. The van der Waals surface area contributed by atoms with Crippen molar-refractivity contribution in [2.45, 2.75) is 218 Å². The van der Waals surface area contributed by atoms with Crippen LogP contribution < -0.4 is 27.4 Å². The summed E-state index contributed by atoms with van der Waals surface area (Å²) in [5.41, 5.74) is 27.7. The van der Waals surface area contributed by atoms with E-state index in [0.29, 0.717) is 150 Å². The fraction of sp³-hybridized carbons (Fsp3) is 0.570. The first-order valence-corrected chi connectivity index (χ1v) is 45.5. The van der Waals surface area contributed by atoms with Crippen molar-refractivity contribution < 1.29 is 81.7 Å². The van der Waals surface area contributed by atoms with Gasteiger partial charge < -0.3 is 85.2 Å². The monoisotopic (exact) mass is 1790 g/mol. The summed E-state index contributed by atoms with van der Waals surface area (Å²) in [4.78, 5) is 113. The molecule has 0 spiro atoms. The molecule has 2 aromatic carbocycles. The van der Waals surface area contributed by atoms with Gasteiger partial charge in [-0.2, -0.15) is 10.1 Å². The van der Waals surface area contributed by atoms with Crippen LogP contribution in [0.4, 0.5) is 17.8 Å². The number of carbonyl (C=O) groups is 6. The number of unbranched alkanes of at least 4 members (excludes halogenated alkanes) is 1. The Balaban J connectivity index is 0.544. The number of allylic oxidation sites excluding steroid dienone is 6. The number of aliphatic hydroxyl groups excluding tert-OH is 2. The van der Waals surface area contributed by atoms with Crippen LogP contribution in [0.1, 0.15) is 150 Å². The number of aryl methyl sites for hydroxylation is 1. The highest BCUT2D eigenvalue weighted by atomic mass is 16.6. The lowest BCUT2D eigenvalue weighted by Crippen LogP contribution is -2.61. The molecule has 1 saturated carbocycles. The Labute approximate surface area is 756 Å². The number of nitrogens with two attached hydrogens (primary N) is 3. The van der Waals surface area contributed by atoms with Gasteiger partial charge in [0.05, 0.1) is 93.5 Å². The number of nitrogens with zero attached hydrogens (tertiary/aromatic N) is 16. The molecule has 4 fully saturated rings. The minimum absolute atomic E-state index is 0.0107. The molecule has 8 aromatic rings. The van der Waals surface area contributed by atoms with Gasteiger partial charge in [-0.3, -0.25) is 28.9 Å². The lowest BCUT2D eigenvalue weighted by Gasteiger charge is -2.42. The van der Waals surface area contributed by atoms with Crippen molar-refractivity contribution >= 4 is 75.0 Å². The van der Waals surface area contributed by atoms with Gasteiger partial charge in [-0.15, -0.1) is 10.2 Å². The molecule has 130 heavy (non-hydrogen) atoms. The number of hydrogen-bond donors (Lipinski definition) is 7. The maximum Gasteiger partial charge on any atom is 0.329 e. The van der Waals surface area contributed by atoms with Gasteiger partial charge in [-0.1, -0.05) is 92.8 Å². The van der Waals surface area contributed by atoms with E-state index in [0.717, 1.165) is 83.1 Å². The standard InChI is InChI=1S/C93H126N20O17/c1-57-17-10-9-11-18-58(2)77(123-7)49-69-25-22-62(6)93(122,130-69)86(119)89(120)111-30-14-12-21-73(111)90(121)128-78(50-75(114)59(3)44-61(5)84(117)85(118)83(116)60(4)43-57)70(94)45-63-23-26-72(79(46-63)124-8)113-74(53-102-106-113)65-20-16-19-64(47-65)67-51-98-92(99-52-67)109-34-32-108(33-35-109)54-68-55-110(107-104-68)36-38-126-40-42-127-41-39-125-37-28-80(115)97-29-13-15-31-112-88-81(87(95)100-56-101-88)82(105-112)66-24-27-76-71(48-66)103-91(96)129-76/h9-11,16-20,24,27,44,47-48,51-53,55-57,59-60,62-63,69-70,72-73,77-79,84-85,117-118,122H,12-15,21-23,25-26,28-43,45-46,49-50,54,94H2,1-8H3,(H2,96,103)(H,97,115)(H2,95,100,101)/b11-9?,17-10+,58-18?,61-44+/t57?,59?,60?,62-,63?,69+,70-,72?,73?,77?,78?,79-,84?,85+,93-/m1/s1. The highest BCUT2D eigenvalue weighted by Crippen LogP contribution is 2.42. The quantitative estimate of drug-likeness (QED) is 0.0101. The SMILES string of the molecule is COC1C[C@@H]2CC[C@@H](C)[C@@](O)(O2)C(=O)C(=O)N2CCCCC2C(=O)OC([C@H](N)CC2CCC(n3nncc3-c3cccc(-c4cnc(N5CCN(Cc6cn(CCOCCOCCOCCC(=O)NCCCCn7nc(-c8ccc9oc(N)nc9c8)c8c(N)ncnc87)nn6)CC5)nc4)c3)[C@H](OC)C2)CC(=O)C(C)/C=C(\C)C(O)[C@@H](O)C(=O)C(C)CC(C)/C=C/C=CC=C1C. The summed E-state index contributed by atoms with van der Waals surface area (Å²) in [6.07, 6.45) is 19.4. The zero-order chi connectivity index (χ0) is 92.1. The number of ether oxygens (including phenoxy) is 7. The Morgan fingerprint density at radius 3 is 2.30 bits per heavy atom. The number of nitrogens with one attached hydrogen (secondary N) is 1. The predicted molar refractivity (Wildman–Crippen MR) is 483 cm³/mol. The van der Waals surface area contributed by atoms with Crippen LogP contribution in [0.2, 0.25) is 0 Å². The smallest absolute Gasteiger partial charge is 0.329 e. The summed E-state index contributed by atoms with van der Waals surface area (Å²) in [7, 11) is 3.21. The van der Waals surface area contributed by atoms with Gasteiger partial charge in [-0.05, 0) is 144 Å². The first-order chi connectivity index (χ1) is 62.7. The fourth-order valence-electron chi connectivity index (χ4n) is 18.0. The van der Waals surface area contributed by atoms with Gasteiger partial charge in [0.1, 0.15) is 53.5 Å². The second-order valence-electron chi connectivity index (χ2n) is 35.1. The van der Waals surface area contributed by atoms with E-state index in [9.17, 15) is 44.1 Å². The van der Waals surface area contributed by atoms with E-state index in [1.807, 2.05) is 97.8 Å². The van der Waals surface area contributed by atoms with Gasteiger partial charge in [0.15, 0.2) is 17.0 Å². The van der Waals surface area contributed by atoms with Crippen molar-refractivity contribution in [1.82, 2.24) is 79.8 Å². The molecule has 10 N–H and O–H groups in total. The average Bonchev–Trinajstić information content (AvgIpc) is 0.797. The Morgan fingerprint density at radius 2 is 1.52 bits per heavy atom. The molecule has 37 nitrogen and oxygen atoms in total. The van der Waals surface area contributed by atoms with Crippen molar-refractivity contribution in [2.24, 2.45) is 35.3 Å². The van der Waals surface area contributed by atoms with E-state index in [1.165, 1.54) is 19.3 Å². The molecular formula is C93H126N20O17. The zero-order valence-electron chi connectivity index (χ0n) is 75.6. The highest BCUT2D eigenvalue weighted by Gasteiger charge is 2.53. The molecule has 1 aliphatic carbocycles. The number of piperidine rings is 1. The van der Waals surface area contributed by atoms with Crippen LogP contribution in [0.15, 0.2) is 126 Å². The summed E-state index contributed by atoms with van der Waals surface area (Å²) in [6, 6.07) is 11.2. The number of cyclic esters (lactones) is 1. The van der Waals surface area contributed by atoms with E-state index in [4.69, 9.17) is 69.8 Å². The largest absolute Gasteiger partial charge is 0.459 e. The number of Topliss-reactive ketones (excluding diaryl/α,β-unsaturated/α-hetero) is 3. The number of nitrogen functional groups attached to an aromatic ring is 2. The molecule has 2 amide bonds. The molecule has 3 saturated heterocycles. The molecule has 6 aromatic heterocycles. The summed E-state index contributed by atoms with van der Waals surface area (Å²) in [6.45, 7) is 17.8. The number of aromatic nitrogens is 13. The van der Waals surface area contributed by atoms with E-state index in [-0.39, 0.29) is 86.7 Å². The number of esters is 1. The Kier molecular flexibility index (Phi) is 34.1. The van der Waals surface area contributed by atoms with Crippen molar-refractivity contribution in [3.63, 3.8) is 0 Å². The first-order valence-electron chi connectivity index (χ1n) is 45.5. The molecule has 2 bridgehead atoms. The van der Waals surface area contributed by atoms with Gasteiger partial charge in [0.2, 0.25) is 17.6 Å². The third kappa shape index (κ3) is 24.7. The van der Waals surface area contributed by atoms with Crippen LogP contribution in [0.3, 0.4) is 0 Å². The number of aliphatic hydroxyl groups is 3. The lowest BCUT2D eigenvalue weighted by atomic mass is 9.79. The molecular weight excluding hydrogens is 1670 g/mol. The number of benzene rings is 2. The van der Waals surface area contributed by atoms with Crippen molar-refractivity contribution in [3.05, 3.63) is 127 Å². The molecule has 37 heteroatoms. The van der Waals surface area contributed by atoms with Gasteiger partial charge in [0, 0.05) is 145 Å². The first kappa shape index (κ1) is 96.7. The second kappa shape index (κ2) is 45.8. The van der Waals surface area contributed by atoms with Crippen molar-refractivity contribution in [3.8, 4) is 33.6 Å². The molecule has 9 unspecified atom stereocenters. The number of amides is 2. The summed E-state index contributed by atoms with van der Waals surface area (Å²) in [5.74, 6) is -8.25. The van der Waals surface area contributed by atoms with Crippen LogP contribution in [0.5, 0.6) is 0 Å². The number of methoxy groups -OCH3 is 2.